The SMILES string of the molecule is CC[C@H](C)[C@H](NC(=O)c1ccc(C)c(O)c1)C(=O)O. The number of carbonyl (C=O) groups is 2. The van der Waals surface area contributed by atoms with Crippen molar-refractivity contribution in [2.75, 3.05) is 0 Å². The molecule has 0 saturated carbocycles. The van der Waals surface area contributed by atoms with E-state index in [0.29, 0.717) is 12.0 Å². The van der Waals surface area contributed by atoms with E-state index in [2.05, 4.69) is 5.32 Å². The summed E-state index contributed by atoms with van der Waals surface area (Å²) < 4.78 is 0. The number of carbonyl (C=O) groups excluding carboxylic acids is 1. The lowest BCUT2D eigenvalue weighted by atomic mass is 9.99. The number of aryl methyl sites for hydroxylation is 1. The van der Waals surface area contributed by atoms with Crippen molar-refractivity contribution < 1.29 is 19.8 Å². The van der Waals surface area contributed by atoms with Crippen LogP contribution in [0.15, 0.2) is 18.2 Å². The van der Waals surface area contributed by atoms with Crippen LogP contribution in [0.2, 0.25) is 0 Å². The molecule has 1 amide bonds. The topological polar surface area (TPSA) is 86.6 Å². The molecule has 19 heavy (non-hydrogen) atoms. The summed E-state index contributed by atoms with van der Waals surface area (Å²) in [6, 6.07) is 3.57. The summed E-state index contributed by atoms with van der Waals surface area (Å²) >= 11 is 0. The smallest absolute Gasteiger partial charge is 0.326 e. The summed E-state index contributed by atoms with van der Waals surface area (Å²) in [5, 5.41) is 21.1. The Kier molecular flexibility index (Phi) is 4.92. The van der Waals surface area contributed by atoms with Gasteiger partial charge in [-0.15, -0.1) is 0 Å². The molecule has 1 aromatic carbocycles. The van der Waals surface area contributed by atoms with Gasteiger partial charge in [0.15, 0.2) is 0 Å². The number of phenolic OH excluding ortho intramolecular Hbond substituents is 1. The summed E-state index contributed by atoms with van der Waals surface area (Å²) in [5.41, 5.74) is 0.908. The van der Waals surface area contributed by atoms with E-state index < -0.39 is 17.9 Å². The minimum atomic E-state index is -1.06. The van der Waals surface area contributed by atoms with E-state index in [9.17, 15) is 14.7 Å². The first-order valence-corrected chi connectivity index (χ1v) is 6.20. The van der Waals surface area contributed by atoms with Crippen molar-refractivity contribution in [1.82, 2.24) is 5.32 Å². The van der Waals surface area contributed by atoms with Crippen LogP contribution in [0.5, 0.6) is 5.75 Å². The van der Waals surface area contributed by atoms with Crippen molar-refractivity contribution in [2.24, 2.45) is 5.92 Å². The molecule has 0 heterocycles. The van der Waals surface area contributed by atoms with E-state index in [0.717, 1.165) is 0 Å². The summed E-state index contributed by atoms with van der Waals surface area (Å²) in [4.78, 5) is 23.1. The van der Waals surface area contributed by atoms with E-state index >= 15 is 0 Å². The van der Waals surface area contributed by atoms with E-state index in [-0.39, 0.29) is 17.2 Å². The predicted molar refractivity (Wildman–Crippen MR) is 71.2 cm³/mol. The van der Waals surface area contributed by atoms with E-state index in [4.69, 9.17) is 5.11 Å². The second-order valence-corrected chi connectivity index (χ2v) is 4.68. The van der Waals surface area contributed by atoms with Crippen LogP contribution in [-0.4, -0.2) is 28.1 Å². The summed E-state index contributed by atoms with van der Waals surface area (Å²) in [6.07, 6.45) is 0.649. The molecular weight excluding hydrogens is 246 g/mol. The molecule has 0 spiro atoms. The summed E-state index contributed by atoms with van der Waals surface area (Å²) in [6.45, 7) is 5.35. The van der Waals surface area contributed by atoms with Crippen LogP contribution >= 0.6 is 0 Å². The van der Waals surface area contributed by atoms with E-state index in [1.165, 1.54) is 6.07 Å². The van der Waals surface area contributed by atoms with Crippen molar-refractivity contribution in [3.63, 3.8) is 0 Å². The first-order chi connectivity index (χ1) is 8.86. The van der Waals surface area contributed by atoms with Crippen LogP contribution < -0.4 is 5.32 Å². The van der Waals surface area contributed by atoms with Gasteiger partial charge in [-0.05, 0) is 30.5 Å². The number of hydrogen-bond donors (Lipinski definition) is 3. The molecule has 0 bridgehead atoms. The lowest BCUT2D eigenvalue weighted by Crippen LogP contribution is -2.45. The molecule has 0 fully saturated rings. The Balaban J connectivity index is 2.87. The summed E-state index contributed by atoms with van der Waals surface area (Å²) in [5.74, 6) is -1.70. The van der Waals surface area contributed by atoms with Gasteiger partial charge in [-0.2, -0.15) is 0 Å². The fraction of sp³-hybridized carbons (Fsp3) is 0.429. The highest BCUT2D eigenvalue weighted by Crippen LogP contribution is 2.18. The van der Waals surface area contributed by atoms with Crippen LogP contribution in [0.3, 0.4) is 0 Å². The third-order valence-corrected chi connectivity index (χ3v) is 3.24. The average molecular weight is 265 g/mol. The van der Waals surface area contributed by atoms with Crippen LogP contribution in [0.4, 0.5) is 0 Å². The molecule has 2 atom stereocenters. The van der Waals surface area contributed by atoms with Crippen LogP contribution in [0.25, 0.3) is 0 Å². The number of nitrogens with one attached hydrogen (secondary N) is 1. The van der Waals surface area contributed by atoms with Crippen molar-refractivity contribution in [2.45, 2.75) is 33.2 Å². The zero-order valence-electron chi connectivity index (χ0n) is 11.3. The van der Waals surface area contributed by atoms with Gasteiger partial charge in [0, 0.05) is 5.56 Å². The highest BCUT2D eigenvalue weighted by molar-refractivity contribution is 5.97. The van der Waals surface area contributed by atoms with E-state index in [1.54, 1.807) is 26.0 Å². The van der Waals surface area contributed by atoms with Crippen LogP contribution in [0, 0.1) is 12.8 Å². The maximum absolute atomic E-state index is 12.0. The van der Waals surface area contributed by atoms with Gasteiger partial charge >= 0.3 is 5.97 Å². The molecule has 0 aliphatic heterocycles. The van der Waals surface area contributed by atoms with Gasteiger partial charge in [0.1, 0.15) is 11.8 Å². The largest absolute Gasteiger partial charge is 0.508 e. The molecular formula is C14H19NO4. The van der Waals surface area contributed by atoms with Crippen LogP contribution in [0.1, 0.15) is 36.2 Å². The number of aromatic hydroxyl groups is 1. The molecule has 0 aliphatic carbocycles. The van der Waals surface area contributed by atoms with Crippen molar-refractivity contribution in [1.29, 1.82) is 0 Å². The monoisotopic (exact) mass is 265 g/mol. The molecule has 5 nitrogen and oxygen atoms in total. The Bertz CT molecular complexity index is 484. The number of phenols is 1. The molecule has 1 rings (SSSR count). The fourth-order valence-corrected chi connectivity index (χ4v) is 1.66. The van der Waals surface area contributed by atoms with Gasteiger partial charge in [0.2, 0.25) is 0 Å². The zero-order valence-corrected chi connectivity index (χ0v) is 11.3. The third kappa shape index (κ3) is 3.71. The Hall–Kier alpha value is -2.04. The summed E-state index contributed by atoms with van der Waals surface area (Å²) in [7, 11) is 0. The minimum Gasteiger partial charge on any atom is -0.508 e. The number of aliphatic carboxylic acids is 1. The quantitative estimate of drug-likeness (QED) is 0.759. The average Bonchev–Trinajstić information content (AvgIpc) is 2.37. The lowest BCUT2D eigenvalue weighted by Gasteiger charge is -2.20. The normalized spacial score (nSPS) is 13.6. The first-order valence-electron chi connectivity index (χ1n) is 6.20. The van der Waals surface area contributed by atoms with Crippen molar-refractivity contribution >= 4 is 11.9 Å². The number of carboxylic acid groups (broad SMARTS) is 1. The van der Waals surface area contributed by atoms with Gasteiger partial charge < -0.3 is 15.5 Å². The van der Waals surface area contributed by atoms with Crippen molar-refractivity contribution in [3.05, 3.63) is 29.3 Å². The molecule has 0 aliphatic rings. The molecule has 0 radical (unpaired) electrons. The Labute approximate surface area is 112 Å². The lowest BCUT2D eigenvalue weighted by molar-refractivity contribution is -0.140. The third-order valence-electron chi connectivity index (χ3n) is 3.24. The molecule has 104 valence electrons. The van der Waals surface area contributed by atoms with Gasteiger partial charge in [-0.25, -0.2) is 4.79 Å². The predicted octanol–water partition coefficient (Wildman–Crippen LogP) is 1.93. The molecule has 5 heteroatoms. The molecule has 0 unspecified atom stereocenters. The highest BCUT2D eigenvalue weighted by Gasteiger charge is 2.25. The second kappa shape index (κ2) is 6.22. The van der Waals surface area contributed by atoms with Gasteiger partial charge in [0.25, 0.3) is 5.91 Å². The highest BCUT2D eigenvalue weighted by atomic mass is 16.4. The number of hydrogen-bond acceptors (Lipinski definition) is 3. The molecule has 1 aromatic rings. The van der Waals surface area contributed by atoms with Gasteiger partial charge in [-0.1, -0.05) is 26.3 Å². The number of benzene rings is 1. The Morgan fingerprint density at radius 3 is 2.47 bits per heavy atom. The minimum absolute atomic E-state index is 0.0167. The van der Waals surface area contributed by atoms with Gasteiger partial charge in [-0.3, -0.25) is 4.79 Å². The van der Waals surface area contributed by atoms with Crippen LogP contribution in [-0.2, 0) is 4.79 Å². The zero-order chi connectivity index (χ0) is 14.6. The first kappa shape index (κ1) is 15.0. The Morgan fingerprint density at radius 2 is 2.00 bits per heavy atom. The Morgan fingerprint density at radius 1 is 1.37 bits per heavy atom. The van der Waals surface area contributed by atoms with E-state index in [1.807, 2.05) is 6.92 Å². The number of rotatable bonds is 5. The second-order valence-electron chi connectivity index (χ2n) is 4.68. The standard InChI is InChI=1S/C14H19NO4/c1-4-8(2)12(14(18)19)15-13(17)10-6-5-9(3)11(16)7-10/h5-8,12,16H,4H2,1-3H3,(H,15,17)(H,18,19)/t8-,12-/m0/s1. The molecule has 0 aromatic heterocycles. The van der Waals surface area contributed by atoms with Crippen molar-refractivity contribution in [3.8, 4) is 5.75 Å². The molecule has 0 saturated heterocycles. The molecule has 3 N–H and O–H groups in total. The maximum atomic E-state index is 12.0. The maximum Gasteiger partial charge on any atom is 0.326 e. The number of carboxylic acids is 1. The fourth-order valence-electron chi connectivity index (χ4n) is 1.66. The van der Waals surface area contributed by atoms with Gasteiger partial charge in [0.05, 0.1) is 0 Å². The number of amides is 1.